The third-order valence-electron chi connectivity index (χ3n) is 2.22. The quantitative estimate of drug-likeness (QED) is 0.886. The zero-order chi connectivity index (χ0) is 11.6. The Morgan fingerprint density at radius 2 is 2.00 bits per heavy atom. The van der Waals surface area contributed by atoms with Gasteiger partial charge in [0, 0.05) is 5.56 Å². The van der Waals surface area contributed by atoms with Gasteiger partial charge in [0.05, 0.1) is 11.2 Å². The Bertz CT molecular complexity index is 573. The SMILES string of the molecule is CNS(=O)(=O)c1cccc(-c2ccco2)c1. The molecule has 0 saturated carbocycles. The van der Waals surface area contributed by atoms with Crippen molar-refractivity contribution in [2.24, 2.45) is 0 Å². The highest BCUT2D eigenvalue weighted by Gasteiger charge is 2.12. The third kappa shape index (κ3) is 2.00. The van der Waals surface area contributed by atoms with Gasteiger partial charge >= 0.3 is 0 Å². The fourth-order valence-electron chi connectivity index (χ4n) is 1.38. The molecule has 0 atom stereocenters. The fourth-order valence-corrected chi connectivity index (χ4v) is 2.15. The summed E-state index contributed by atoms with van der Waals surface area (Å²) in [6, 6.07) is 10.1. The van der Waals surface area contributed by atoms with E-state index in [1.165, 1.54) is 13.1 Å². The molecule has 2 rings (SSSR count). The average molecular weight is 237 g/mol. The zero-order valence-electron chi connectivity index (χ0n) is 8.67. The van der Waals surface area contributed by atoms with Crippen LogP contribution >= 0.6 is 0 Å². The summed E-state index contributed by atoms with van der Waals surface area (Å²) in [5, 5.41) is 0. The number of furan rings is 1. The predicted molar refractivity (Wildman–Crippen MR) is 60.4 cm³/mol. The van der Waals surface area contributed by atoms with Gasteiger partial charge in [0.15, 0.2) is 0 Å². The molecule has 16 heavy (non-hydrogen) atoms. The van der Waals surface area contributed by atoms with Crippen molar-refractivity contribution < 1.29 is 12.8 Å². The van der Waals surface area contributed by atoms with Crippen LogP contribution in [0.1, 0.15) is 0 Å². The van der Waals surface area contributed by atoms with E-state index in [1.54, 1.807) is 36.6 Å². The first kappa shape index (κ1) is 10.9. The summed E-state index contributed by atoms with van der Waals surface area (Å²) in [6.07, 6.45) is 1.55. The maximum absolute atomic E-state index is 11.6. The molecule has 1 aromatic carbocycles. The van der Waals surface area contributed by atoms with Crippen LogP contribution in [-0.4, -0.2) is 15.5 Å². The smallest absolute Gasteiger partial charge is 0.240 e. The molecule has 4 nitrogen and oxygen atoms in total. The van der Waals surface area contributed by atoms with E-state index in [-0.39, 0.29) is 4.90 Å². The van der Waals surface area contributed by atoms with Crippen LogP contribution in [0.3, 0.4) is 0 Å². The molecule has 1 N–H and O–H groups in total. The summed E-state index contributed by atoms with van der Waals surface area (Å²) in [5.41, 5.74) is 0.737. The Kier molecular flexibility index (Phi) is 2.80. The van der Waals surface area contributed by atoms with Gasteiger partial charge in [-0.3, -0.25) is 0 Å². The second kappa shape index (κ2) is 4.11. The van der Waals surface area contributed by atoms with Crippen molar-refractivity contribution in [2.45, 2.75) is 4.90 Å². The van der Waals surface area contributed by atoms with Crippen molar-refractivity contribution >= 4 is 10.0 Å². The molecule has 0 unspecified atom stereocenters. The van der Waals surface area contributed by atoms with Crippen LogP contribution < -0.4 is 4.72 Å². The van der Waals surface area contributed by atoms with Gasteiger partial charge < -0.3 is 4.42 Å². The molecule has 0 fully saturated rings. The van der Waals surface area contributed by atoms with Crippen LogP contribution in [0, 0.1) is 0 Å². The number of hydrogen-bond acceptors (Lipinski definition) is 3. The van der Waals surface area contributed by atoms with E-state index in [1.807, 2.05) is 0 Å². The van der Waals surface area contributed by atoms with E-state index >= 15 is 0 Å². The highest BCUT2D eigenvalue weighted by Crippen LogP contribution is 2.22. The van der Waals surface area contributed by atoms with Crippen molar-refractivity contribution in [3.8, 4) is 11.3 Å². The standard InChI is InChI=1S/C11H11NO3S/c1-12-16(13,14)10-5-2-4-9(8-10)11-6-3-7-15-11/h2-8,12H,1H3. The van der Waals surface area contributed by atoms with Crippen LogP contribution in [-0.2, 0) is 10.0 Å². The predicted octanol–water partition coefficient (Wildman–Crippen LogP) is 1.85. The van der Waals surface area contributed by atoms with Crippen LogP contribution in [0.5, 0.6) is 0 Å². The fraction of sp³-hybridized carbons (Fsp3) is 0.0909. The minimum Gasteiger partial charge on any atom is -0.464 e. The van der Waals surface area contributed by atoms with Gasteiger partial charge in [0.1, 0.15) is 5.76 Å². The van der Waals surface area contributed by atoms with E-state index in [0.29, 0.717) is 5.76 Å². The first-order valence-electron chi connectivity index (χ1n) is 4.71. The van der Waals surface area contributed by atoms with Crippen LogP contribution in [0.2, 0.25) is 0 Å². The monoisotopic (exact) mass is 237 g/mol. The molecule has 0 spiro atoms. The van der Waals surface area contributed by atoms with Gasteiger partial charge in [-0.15, -0.1) is 0 Å². The molecule has 0 saturated heterocycles. The van der Waals surface area contributed by atoms with E-state index < -0.39 is 10.0 Å². The van der Waals surface area contributed by atoms with Gasteiger partial charge in [0.2, 0.25) is 10.0 Å². The van der Waals surface area contributed by atoms with Gasteiger partial charge in [-0.05, 0) is 31.3 Å². The highest BCUT2D eigenvalue weighted by atomic mass is 32.2. The van der Waals surface area contributed by atoms with Gasteiger partial charge in [-0.25, -0.2) is 13.1 Å². The summed E-state index contributed by atoms with van der Waals surface area (Å²) >= 11 is 0. The maximum Gasteiger partial charge on any atom is 0.240 e. The number of benzene rings is 1. The Morgan fingerprint density at radius 1 is 1.19 bits per heavy atom. The largest absolute Gasteiger partial charge is 0.464 e. The van der Waals surface area contributed by atoms with Gasteiger partial charge in [-0.2, -0.15) is 0 Å². The lowest BCUT2D eigenvalue weighted by Crippen LogP contribution is -2.18. The lowest BCUT2D eigenvalue weighted by molar-refractivity contribution is 0.581. The Balaban J connectivity index is 2.50. The number of nitrogens with one attached hydrogen (secondary N) is 1. The topological polar surface area (TPSA) is 59.3 Å². The molecule has 0 amide bonds. The molecule has 84 valence electrons. The van der Waals surface area contributed by atoms with Crippen LogP contribution in [0.4, 0.5) is 0 Å². The summed E-state index contributed by atoms with van der Waals surface area (Å²) in [7, 11) is -2.02. The molecule has 0 aliphatic rings. The summed E-state index contributed by atoms with van der Waals surface area (Å²) in [5.74, 6) is 0.646. The van der Waals surface area contributed by atoms with Crippen molar-refractivity contribution in [1.82, 2.24) is 4.72 Å². The van der Waals surface area contributed by atoms with Crippen LogP contribution in [0.25, 0.3) is 11.3 Å². The van der Waals surface area contributed by atoms with Crippen molar-refractivity contribution in [2.75, 3.05) is 7.05 Å². The van der Waals surface area contributed by atoms with Crippen molar-refractivity contribution in [3.05, 3.63) is 42.7 Å². The van der Waals surface area contributed by atoms with E-state index in [4.69, 9.17) is 4.42 Å². The number of rotatable bonds is 3. The number of sulfonamides is 1. The van der Waals surface area contributed by atoms with Crippen molar-refractivity contribution in [3.63, 3.8) is 0 Å². The molecule has 1 heterocycles. The molecule has 5 heteroatoms. The molecular formula is C11H11NO3S. The third-order valence-corrected chi connectivity index (χ3v) is 3.63. The van der Waals surface area contributed by atoms with E-state index in [0.717, 1.165) is 5.56 Å². The Hall–Kier alpha value is -1.59. The molecular weight excluding hydrogens is 226 g/mol. The first-order valence-corrected chi connectivity index (χ1v) is 6.19. The normalized spacial score (nSPS) is 11.6. The Labute approximate surface area is 94.0 Å². The maximum atomic E-state index is 11.6. The lowest BCUT2D eigenvalue weighted by Gasteiger charge is -2.03. The second-order valence-corrected chi connectivity index (χ2v) is 5.10. The summed E-state index contributed by atoms with van der Waals surface area (Å²) < 4.78 is 30.6. The first-order chi connectivity index (χ1) is 7.63. The van der Waals surface area contributed by atoms with E-state index in [2.05, 4.69) is 4.72 Å². The average Bonchev–Trinajstić information content (AvgIpc) is 2.83. The minimum absolute atomic E-state index is 0.226. The molecule has 1 aromatic heterocycles. The minimum atomic E-state index is -3.40. The lowest BCUT2D eigenvalue weighted by atomic mass is 10.2. The molecule has 2 aromatic rings. The van der Waals surface area contributed by atoms with Crippen molar-refractivity contribution in [1.29, 1.82) is 0 Å². The summed E-state index contributed by atoms with van der Waals surface area (Å²) in [6.45, 7) is 0. The summed E-state index contributed by atoms with van der Waals surface area (Å²) in [4.78, 5) is 0.226. The van der Waals surface area contributed by atoms with Gasteiger partial charge in [-0.1, -0.05) is 12.1 Å². The van der Waals surface area contributed by atoms with E-state index in [9.17, 15) is 8.42 Å². The highest BCUT2D eigenvalue weighted by molar-refractivity contribution is 7.89. The molecule has 0 aliphatic heterocycles. The zero-order valence-corrected chi connectivity index (χ0v) is 9.49. The molecule has 0 radical (unpaired) electrons. The Morgan fingerprint density at radius 3 is 2.62 bits per heavy atom. The van der Waals surface area contributed by atoms with Gasteiger partial charge in [0.25, 0.3) is 0 Å². The van der Waals surface area contributed by atoms with Crippen LogP contribution in [0.15, 0.2) is 52.0 Å². The second-order valence-electron chi connectivity index (χ2n) is 3.21. The number of hydrogen-bond donors (Lipinski definition) is 1. The molecule has 0 aliphatic carbocycles. The molecule has 0 bridgehead atoms.